The molecule has 2 aromatic rings. The summed E-state index contributed by atoms with van der Waals surface area (Å²) in [5.74, 6) is 1.93. The molecule has 1 atom stereocenters. The number of imidazole rings is 1. The highest BCUT2D eigenvalue weighted by molar-refractivity contribution is 5.77. The first-order valence-electron chi connectivity index (χ1n) is 7.87. The van der Waals surface area contributed by atoms with Crippen LogP contribution >= 0.6 is 0 Å². The zero-order valence-electron chi connectivity index (χ0n) is 14.0. The molecular weight excluding hydrogens is 294 g/mol. The van der Waals surface area contributed by atoms with Gasteiger partial charge in [-0.15, -0.1) is 0 Å². The number of nitrogens with zero attached hydrogens (tertiary/aromatic N) is 2. The average Bonchev–Trinajstić information content (AvgIpc) is 3.11. The summed E-state index contributed by atoms with van der Waals surface area (Å²) in [6.07, 6.45) is 0.633. The van der Waals surface area contributed by atoms with Crippen LogP contribution < -0.4 is 4.74 Å². The van der Waals surface area contributed by atoms with Crippen molar-refractivity contribution in [2.45, 2.75) is 38.7 Å². The maximum absolute atomic E-state index is 12.2. The quantitative estimate of drug-likeness (QED) is 0.923. The Morgan fingerprint density at radius 1 is 1.39 bits per heavy atom. The molecule has 0 saturated carbocycles. The maximum atomic E-state index is 12.2. The first-order valence-corrected chi connectivity index (χ1v) is 7.87. The van der Waals surface area contributed by atoms with Gasteiger partial charge in [0.15, 0.2) is 0 Å². The Kier molecular flexibility index (Phi) is 3.92. The van der Waals surface area contributed by atoms with Crippen LogP contribution in [0.25, 0.3) is 11.0 Å². The minimum atomic E-state index is -0.467. The van der Waals surface area contributed by atoms with Crippen LogP contribution in [0.5, 0.6) is 5.75 Å². The number of hydrogen-bond donors (Lipinski definition) is 1. The second kappa shape index (κ2) is 5.76. The van der Waals surface area contributed by atoms with Gasteiger partial charge in [0.05, 0.1) is 18.1 Å². The highest BCUT2D eigenvalue weighted by Gasteiger charge is 2.32. The van der Waals surface area contributed by atoms with Crippen molar-refractivity contribution in [3.05, 3.63) is 24.0 Å². The molecule has 6 nitrogen and oxygen atoms in total. The second-order valence-electron chi connectivity index (χ2n) is 6.92. The number of benzene rings is 1. The predicted molar refractivity (Wildman–Crippen MR) is 87.8 cm³/mol. The van der Waals surface area contributed by atoms with Gasteiger partial charge in [-0.3, -0.25) is 0 Å². The van der Waals surface area contributed by atoms with Gasteiger partial charge < -0.3 is 19.4 Å². The molecule has 1 aliphatic heterocycles. The Labute approximate surface area is 135 Å². The number of ether oxygens (including phenoxy) is 2. The molecule has 1 saturated heterocycles. The molecule has 124 valence electrons. The van der Waals surface area contributed by atoms with E-state index in [-0.39, 0.29) is 12.0 Å². The molecule has 0 bridgehead atoms. The van der Waals surface area contributed by atoms with E-state index in [0.717, 1.165) is 29.0 Å². The summed E-state index contributed by atoms with van der Waals surface area (Å²) in [6, 6.07) is 5.77. The summed E-state index contributed by atoms with van der Waals surface area (Å²) < 4.78 is 10.7. The Morgan fingerprint density at radius 3 is 2.87 bits per heavy atom. The molecular formula is C17H23N3O3. The monoisotopic (exact) mass is 317 g/mol. The number of aromatic amines is 1. The van der Waals surface area contributed by atoms with E-state index in [9.17, 15) is 4.79 Å². The standard InChI is InChI=1S/C17H23N3O3/c1-17(2,3)23-16(21)20-8-7-11(10-20)15-18-13-6-5-12(22-4)9-14(13)19-15/h5-6,9,11H,7-8,10H2,1-4H3,(H,18,19). The molecule has 3 rings (SSSR count). The third-order valence-corrected chi connectivity index (χ3v) is 3.93. The smallest absolute Gasteiger partial charge is 0.410 e. The molecule has 2 heterocycles. The van der Waals surface area contributed by atoms with Gasteiger partial charge in [-0.05, 0) is 39.3 Å². The molecule has 6 heteroatoms. The van der Waals surface area contributed by atoms with Crippen molar-refractivity contribution < 1.29 is 14.3 Å². The summed E-state index contributed by atoms with van der Waals surface area (Å²) in [4.78, 5) is 21.9. The lowest BCUT2D eigenvalue weighted by atomic mass is 10.1. The molecule has 1 aromatic heterocycles. The van der Waals surface area contributed by atoms with Crippen LogP contribution in [0.1, 0.15) is 38.9 Å². The number of nitrogens with one attached hydrogen (secondary N) is 1. The minimum absolute atomic E-state index is 0.209. The van der Waals surface area contributed by atoms with Crippen molar-refractivity contribution in [1.29, 1.82) is 0 Å². The van der Waals surface area contributed by atoms with E-state index < -0.39 is 5.60 Å². The maximum Gasteiger partial charge on any atom is 0.410 e. The fourth-order valence-electron chi connectivity index (χ4n) is 2.80. The number of likely N-dealkylation sites (tertiary alicyclic amines) is 1. The summed E-state index contributed by atoms with van der Waals surface area (Å²) in [5.41, 5.74) is 1.40. The largest absolute Gasteiger partial charge is 0.497 e. The molecule has 0 radical (unpaired) electrons. The van der Waals surface area contributed by atoms with E-state index in [1.165, 1.54) is 0 Å². The van der Waals surface area contributed by atoms with Crippen LogP contribution in [0, 0.1) is 0 Å². The van der Waals surface area contributed by atoms with E-state index in [4.69, 9.17) is 9.47 Å². The molecule has 1 unspecified atom stereocenters. The van der Waals surface area contributed by atoms with E-state index in [2.05, 4.69) is 9.97 Å². The number of amides is 1. The topological polar surface area (TPSA) is 67.4 Å². The van der Waals surface area contributed by atoms with Gasteiger partial charge in [-0.1, -0.05) is 0 Å². The first kappa shape index (κ1) is 15.6. The first-order chi connectivity index (χ1) is 10.9. The number of H-pyrrole nitrogens is 1. The zero-order valence-corrected chi connectivity index (χ0v) is 14.0. The predicted octanol–water partition coefficient (Wildman–Crippen LogP) is 3.30. The zero-order chi connectivity index (χ0) is 16.6. The van der Waals surface area contributed by atoms with E-state index >= 15 is 0 Å². The van der Waals surface area contributed by atoms with Gasteiger partial charge in [0.25, 0.3) is 0 Å². The van der Waals surface area contributed by atoms with Crippen LogP contribution in [0.3, 0.4) is 0 Å². The number of fused-ring (bicyclic) bond motifs is 1. The van der Waals surface area contributed by atoms with Crippen LogP contribution in [-0.4, -0.2) is 46.8 Å². The van der Waals surface area contributed by atoms with Crippen molar-refractivity contribution in [3.8, 4) is 5.75 Å². The van der Waals surface area contributed by atoms with E-state index in [1.807, 2.05) is 39.0 Å². The van der Waals surface area contributed by atoms with Gasteiger partial charge in [-0.2, -0.15) is 0 Å². The minimum Gasteiger partial charge on any atom is -0.497 e. The summed E-state index contributed by atoms with van der Waals surface area (Å²) >= 11 is 0. The van der Waals surface area contributed by atoms with Gasteiger partial charge in [-0.25, -0.2) is 9.78 Å². The van der Waals surface area contributed by atoms with Crippen LogP contribution in [-0.2, 0) is 4.74 Å². The van der Waals surface area contributed by atoms with E-state index in [0.29, 0.717) is 13.1 Å². The Hall–Kier alpha value is -2.24. The van der Waals surface area contributed by atoms with Gasteiger partial charge in [0, 0.05) is 25.1 Å². The third kappa shape index (κ3) is 3.41. The molecule has 23 heavy (non-hydrogen) atoms. The van der Waals surface area contributed by atoms with Crippen molar-refractivity contribution in [2.24, 2.45) is 0 Å². The van der Waals surface area contributed by atoms with Crippen LogP contribution in [0.15, 0.2) is 18.2 Å². The number of rotatable bonds is 2. The molecule has 1 fully saturated rings. The number of carbonyl (C=O) groups excluding carboxylic acids is 1. The second-order valence-corrected chi connectivity index (χ2v) is 6.92. The molecule has 0 spiro atoms. The van der Waals surface area contributed by atoms with Gasteiger partial charge in [0.1, 0.15) is 17.2 Å². The van der Waals surface area contributed by atoms with Crippen molar-refractivity contribution in [2.75, 3.05) is 20.2 Å². The molecule has 1 aliphatic rings. The normalized spacial score (nSPS) is 18.4. The molecule has 0 aliphatic carbocycles. The van der Waals surface area contributed by atoms with E-state index in [1.54, 1.807) is 12.0 Å². The average molecular weight is 317 g/mol. The number of methoxy groups -OCH3 is 1. The summed E-state index contributed by atoms with van der Waals surface area (Å²) in [5, 5.41) is 0. The Morgan fingerprint density at radius 2 is 2.17 bits per heavy atom. The fraction of sp³-hybridized carbons (Fsp3) is 0.529. The van der Waals surface area contributed by atoms with Crippen molar-refractivity contribution in [1.82, 2.24) is 14.9 Å². The Balaban J connectivity index is 1.72. The van der Waals surface area contributed by atoms with Crippen LogP contribution in [0.4, 0.5) is 4.79 Å². The number of aromatic nitrogens is 2. The Bertz CT molecular complexity index is 717. The molecule has 1 N–H and O–H groups in total. The number of carbonyl (C=O) groups is 1. The lowest BCUT2D eigenvalue weighted by Gasteiger charge is -2.24. The van der Waals surface area contributed by atoms with Gasteiger partial charge >= 0.3 is 6.09 Å². The molecule has 1 aromatic carbocycles. The summed E-state index contributed by atoms with van der Waals surface area (Å²) in [6.45, 7) is 6.97. The highest BCUT2D eigenvalue weighted by atomic mass is 16.6. The highest BCUT2D eigenvalue weighted by Crippen LogP contribution is 2.29. The number of hydrogen-bond acceptors (Lipinski definition) is 4. The van der Waals surface area contributed by atoms with Crippen molar-refractivity contribution in [3.63, 3.8) is 0 Å². The van der Waals surface area contributed by atoms with Crippen molar-refractivity contribution >= 4 is 17.1 Å². The third-order valence-electron chi connectivity index (χ3n) is 3.93. The molecule has 1 amide bonds. The fourth-order valence-corrected chi connectivity index (χ4v) is 2.80. The van der Waals surface area contributed by atoms with Crippen LogP contribution in [0.2, 0.25) is 0 Å². The SMILES string of the molecule is COc1ccc2nc(C3CCN(C(=O)OC(C)(C)C)C3)[nH]c2c1. The van der Waals surface area contributed by atoms with Gasteiger partial charge in [0.2, 0.25) is 0 Å². The lowest BCUT2D eigenvalue weighted by Crippen LogP contribution is -2.35. The summed E-state index contributed by atoms with van der Waals surface area (Å²) in [7, 11) is 1.65. The lowest BCUT2D eigenvalue weighted by molar-refractivity contribution is 0.0292.